The molecule has 5 atom stereocenters. The normalized spacial score (nSPS) is 32.4. The molecule has 39 heavy (non-hydrogen) atoms. The van der Waals surface area contributed by atoms with Gasteiger partial charge >= 0.3 is 5.97 Å². The van der Waals surface area contributed by atoms with Crippen LogP contribution in [0.25, 0.3) is 6.08 Å². The van der Waals surface area contributed by atoms with E-state index >= 15 is 0 Å². The molecule has 0 N–H and O–H groups in total. The molecule has 0 unspecified atom stereocenters. The third-order valence-electron chi connectivity index (χ3n) is 10.2. The Morgan fingerprint density at radius 1 is 1.15 bits per heavy atom. The van der Waals surface area contributed by atoms with Crippen molar-refractivity contribution in [2.24, 2.45) is 5.92 Å². The average molecular weight is 527 g/mol. The maximum absolute atomic E-state index is 13.5. The Balaban J connectivity index is 1.27. The summed E-state index contributed by atoms with van der Waals surface area (Å²) in [6.45, 7) is 5.65. The number of nitrogens with zero attached hydrogens (tertiary/aromatic N) is 2. The fourth-order valence-electron chi connectivity index (χ4n) is 8.48. The minimum absolute atomic E-state index is 0.0313. The van der Waals surface area contributed by atoms with Crippen molar-refractivity contribution in [3.05, 3.63) is 70.8 Å². The van der Waals surface area contributed by atoms with Gasteiger partial charge in [0.2, 0.25) is 5.91 Å². The first-order chi connectivity index (χ1) is 18.8. The number of likely N-dealkylation sites (N-methyl/N-ethyl adjacent to an activating group) is 1. The van der Waals surface area contributed by atoms with Crippen LogP contribution in [-0.2, 0) is 26.2 Å². The number of piperidine rings is 1. The molecule has 204 valence electrons. The molecule has 3 fully saturated rings. The van der Waals surface area contributed by atoms with Gasteiger partial charge in [-0.25, -0.2) is 0 Å². The SMILES string of the molecule is CC(=O)O[C@@]12CC[C@@H](N(C)C(=O)C=Cc3cccc(C)c3)[C@@H]3Oc4cccc5c4[C@@]31CCN(CC1CC1)[C@@H]2C5. The molecule has 3 aliphatic carbocycles. The van der Waals surface area contributed by atoms with Gasteiger partial charge in [0.05, 0.1) is 17.5 Å². The van der Waals surface area contributed by atoms with Crippen LogP contribution < -0.4 is 4.74 Å². The quantitative estimate of drug-likeness (QED) is 0.405. The topological polar surface area (TPSA) is 59.1 Å². The molecule has 0 aromatic heterocycles. The number of carbonyl (C=O) groups is 2. The van der Waals surface area contributed by atoms with E-state index in [-0.39, 0.29) is 30.1 Å². The first kappa shape index (κ1) is 24.9. The molecule has 2 aromatic rings. The molecule has 5 aliphatic rings. The van der Waals surface area contributed by atoms with Gasteiger partial charge in [-0.3, -0.25) is 14.5 Å². The lowest BCUT2D eigenvalue weighted by atomic mass is 9.48. The van der Waals surface area contributed by atoms with Crippen LogP contribution in [0, 0.1) is 12.8 Å². The minimum atomic E-state index is -0.645. The van der Waals surface area contributed by atoms with Crippen LogP contribution in [0.2, 0.25) is 0 Å². The predicted molar refractivity (Wildman–Crippen MR) is 149 cm³/mol. The monoisotopic (exact) mass is 526 g/mol. The predicted octanol–water partition coefficient (Wildman–Crippen LogP) is 4.67. The second kappa shape index (κ2) is 8.95. The fourth-order valence-corrected chi connectivity index (χ4v) is 8.48. The number of hydrogen-bond donors (Lipinski definition) is 0. The molecular formula is C33H38N2O4. The van der Waals surface area contributed by atoms with E-state index in [1.165, 1.54) is 29.5 Å². The van der Waals surface area contributed by atoms with Gasteiger partial charge in [0.1, 0.15) is 17.5 Å². The zero-order valence-corrected chi connectivity index (χ0v) is 23.2. The first-order valence-corrected chi connectivity index (χ1v) is 14.6. The third kappa shape index (κ3) is 3.71. The first-order valence-electron chi connectivity index (χ1n) is 14.6. The van der Waals surface area contributed by atoms with E-state index in [0.29, 0.717) is 0 Å². The van der Waals surface area contributed by atoms with Crippen LogP contribution in [0.4, 0.5) is 0 Å². The van der Waals surface area contributed by atoms with E-state index in [1.54, 1.807) is 13.0 Å². The molecular weight excluding hydrogens is 488 g/mol. The van der Waals surface area contributed by atoms with E-state index in [1.807, 2.05) is 30.2 Å². The van der Waals surface area contributed by atoms with Crippen LogP contribution in [-0.4, -0.2) is 65.6 Å². The maximum atomic E-state index is 13.5. The Kier molecular flexibility index (Phi) is 5.71. The van der Waals surface area contributed by atoms with E-state index in [9.17, 15) is 9.59 Å². The van der Waals surface area contributed by atoms with Gasteiger partial charge in [0.15, 0.2) is 0 Å². The summed E-state index contributed by atoms with van der Waals surface area (Å²) in [7, 11) is 1.90. The number of aryl methyl sites for hydroxylation is 1. The number of carbonyl (C=O) groups excluding carboxylic acids is 2. The second-order valence-electron chi connectivity index (χ2n) is 12.5. The number of amides is 1. The Bertz CT molecular complexity index is 1370. The van der Waals surface area contributed by atoms with Crippen molar-refractivity contribution in [3.8, 4) is 5.75 Å². The Morgan fingerprint density at radius 2 is 1.97 bits per heavy atom. The Hall–Kier alpha value is -3.12. The van der Waals surface area contributed by atoms with Crippen molar-refractivity contribution in [1.29, 1.82) is 0 Å². The molecule has 2 heterocycles. The summed E-state index contributed by atoms with van der Waals surface area (Å²) in [5.74, 6) is 1.42. The van der Waals surface area contributed by atoms with Crippen molar-refractivity contribution in [1.82, 2.24) is 9.80 Å². The van der Waals surface area contributed by atoms with Gasteiger partial charge in [-0.1, -0.05) is 42.0 Å². The lowest BCUT2D eigenvalue weighted by Gasteiger charge is -2.65. The van der Waals surface area contributed by atoms with Crippen LogP contribution >= 0.6 is 0 Å². The summed E-state index contributed by atoms with van der Waals surface area (Å²) in [5, 5.41) is 0. The largest absolute Gasteiger partial charge is 0.487 e. The molecule has 2 aliphatic heterocycles. The van der Waals surface area contributed by atoms with Crippen LogP contribution in [0.3, 0.4) is 0 Å². The molecule has 1 amide bonds. The lowest BCUT2D eigenvalue weighted by molar-refractivity contribution is -0.223. The van der Waals surface area contributed by atoms with Crippen molar-refractivity contribution in [2.75, 3.05) is 20.1 Å². The minimum Gasteiger partial charge on any atom is -0.487 e. The summed E-state index contributed by atoms with van der Waals surface area (Å²) >= 11 is 0. The van der Waals surface area contributed by atoms with Crippen molar-refractivity contribution in [3.63, 3.8) is 0 Å². The zero-order chi connectivity index (χ0) is 26.9. The standard InChI is InChI=1S/C33H38N2O4/c1-21-6-4-7-23(18-21)12-13-29(37)34(3)26-14-15-33(39-22(2)36)28-19-25-8-5-9-27-30(25)32(33,31(26)38-27)16-17-35(28)20-24-10-11-24/h4-9,12-13,18,24,26,28,31H,10-11,14-17,19-20H2,1-3H3/t26-,28-,31+,32+,33-/m1/s1. The molecule has 2 bridgehead atoms. The number of likely N-dealkylation sites (tertiary alicyclic amines) is 1. The van der Waals surface area contributed by atoms with Gasteiger partial charge in [-0.15, -0.1) is 0 Å². The smallest absolute Gasteiger partial charge is 0.303 e. The summed E-state index contributed by atoms with van der Waals surface area (Å²) in [5.41, 5.74) is 3.63. The average Bonchev–Trinajstić information content (AvgIpc) is 3.66. The summed E-state index contributed by atoms with van der Waals surface area (Å²) in [6, 6.07) is 14.6. The third-order valence-corrected chi connectivity index (χ3v) is 10.2. The highest BCUT2D eigenvalue weighted by Crippen LogP contribution is 2.66. The molecule has 7 rings (SSSR count). The Labute approximate surface area is 231 Å². The highest BCUT2D eigenvalue weighted by Gasteiger charge is 2.75. The maximum Gasteiger partial charge on any atom is 0.303 e. The van der Waals surface area contributed by atoms with Gasteiger partial charge in [-0.05, 0) is 81.2 Å². The van der Waals surface area contributed by atoms with Gasteiger partial charge in [0.25, 0.3) is 0 Å². The molecule has 6 nitrogen and oxygen atoms in total. The van der Waals surface area contributed by atoms with Gasteiger partial charge in [-0.2, -0.15) is 0 Å². The molecule has 6 heteroatoms. The Morgan fingerprint density at radius 3 is 2.74 bits per heavy atom. The van der Waals surface area contributed by atoms with Crippen LogP contribution in [0.15, 0.2) is 48.5 Å². The van der Waals surface area contributed by atoms with Crippen molar-refractivity contribution >= 4 is 18.0 Å². The molecule has 1 saturated heterocycles. The number of benzene rings is 2. The van der Waals surface area contributed by atoms with E-state index in [0.717, 1.165) is 56.0 Å². The highest BCUT2D eigenvalue weighted by molar-refractivity contribution is 5.92. The van der Waals surface area contributed by atoms with Crippen LogP contribution in [0.5, 0.6) is 5.75 Å². The summed E-state index contributed by atoms with van der Waals surface area (Å²) in [6.07, 6.45) is 9.12. The lowest BCUT2D eigenvalue weighted by Crippen LogP contribution is -2.79. The van der Waals surface area contributed by atoms with Gasteiger partial charge in [0, 0.05) is 32.2 Å². The number of esters is 1. The van der Waals surface area contributed by atoms with Crippen LogP contribution in [0.1, 0.15) is 61.3 Å². The second-order valence-corrected chi connectivity index (χ2v) is 12.5. The fraction of sp³-hybridized carbons (Fsp3) is 0.515. The highest BCUT2D eigenvalue weighted by atomic mass is 16.6. The van der Waals surface area contributed by atoms with E-state index < -0.39 is 11.0 Å². The number of hydrogen-bond acceptors (Lipinski definition) is 5. The summed E-state index contributed by atoms with van der Waals surface area (Å²) in [4.78, 5) is 30.8. The summed E-state index contributed by atoms with van der Waals surface area (Å²) < 4.78 is 13.4. The van der Waals surface area contributed by atoms with E-state index in [2.05, 4.69) is 42.2 Å². The molecule has 0 radical (unpaired) electrons. The van der Waals surface area contributed by atoms with E-state index in [4.69, 9.17) is 9.47 Å². The molecule has 2 aromatic carbocycles. The molecule has 2 saturated carbocycles. The van der Waals surface area contributed by atoms with Crippen molar-refractivity contribution < 1.29 is 19.1 Å². The zero-order valence-electron chi connectivity index (χ0n) is 23.2. The number of ether oxygens (including phenoxy) is 2. The molecule has 1 spiro atoms. The van der Waals surface area contributed by atoms with Crippen molar-refractivity contribution in [2.45, 2.75) is 81.6 Å². The number of rotatable bonds is 6. The van der Waals surface area contributed by atoms with Gasteiger partial charge < -0.3 is 14.4 Å².